The number of ketones is 1. The van der Waals surface area contributed by atoms with Crippen LogP contribution in [0.5, 0.6) is 5.75 Å². The van der Waals surface area contributed by atoms with Crippen molar-refractivity contribution in [2.75, 3.05) is 20.2 Å². The highest BCUT2D eigenvalue weighted by Crippen LogP contribution is 2.25. The topological polar surface area (TPSA) is 58.2 Å². The van der Waals surface area contributed by atoms with E-state index in [2.05, 4.69) is 15.1 Å². The first-order valence-corrected chi connectivity index (χ1v) is 8.18. The van der Waals surface area contributed by atoms with E-state index in [1.807, 2.05) is 13.0 Å². The lowest BCUT2D eigenvalue weighted by atomic mass is 9.90. The van der Waals surface area contributed by atoms with Gasteiger partial charge < -0.3 is 4.74 Å². The first kappa shape index (κ1) is 16.6. The van der Waals surface area contributed by atoms with Gasteiger partial charge in [0.05, 0.1) is 12.8 Å². The Morgan fingerprint density at radius 3 is 2.96 bits per heavy atom. The maximum absolute atomic E-state index is 13.8. The number of benzene rings is 1. The Hall–Kier alpha value is -2.21. The number of methoxy groups -OCH3 is 1. The van der Waals surface area contributed by atoms with Crippen molar-refractivity contribution in [1.82, 2.24) is 15.1 Å². The van der Waals surface area contributed by atoms with Gasteiger partial charge in [0, 0.05) is 30.3 Å². The number of aromatic nitrogens is 2. The lowest BCUT2D eigenvalue weighted by Crippen LogP contribution is -2.38. The van der Waals surface area contributed by atoms with Gasteiger partial charge in [0.15, 0.2) is 17.3 Å². The Morgan fingerprint density at radius 1 is 1.46 bits per heavy atom. The number of H-pyrrole nitrogens is 1. The van der Waals surface area contributed by atoms with E-state index < -0.39 is 5.82 Å². The van der Waals surface area contributed by atoms with Gasteiger partial charge in [-0.25, -0.2) is 4.39 Å². The number of carbonyl (C=O) groups excluding carboxylic acids is 1. The van der Waals surface area contributed by atoms with E-state index in [0.717, 1.165) is 37.3 Å². The zero-order chi connectivity index (χ0) is 17.1. The van der Waals surface area contributed by atoms with Crippen molar-refractivity contribution >= 4 is 5.78 Å². The quantitative estimate of drug-likeness (QED) is 0.856. The second kappa shape index (κ2) is 7.13. The zero-order valence-electron chi connectivity index (χ0n) is 14.0. The second-order valence-electron chi connectivity index (χ2n) is 6.33. The lowest BCUT2D eigenvalue weighted by Gasteiger charge is -2.31. The molecule has 1 aliphatic rings. The summed E-state index contributed by atoms with van der Waals surface area (Å²) in [6.45, 7) is 4.33. The molecule has 2 aromatic rings. The van der Waals surface area contributed by atoms with Crippen LogP contribution in [-0.4, -0.2) is 41.1 Å². The van der Waals surface area contributed by atoms with Gasteiger partial charge in [-0.3, -0.25) is 14.8 Å². The van der Waals surface area contributed by atoms with E-state index in [-0.39, 0.29) is 17.5 Å². The molecular weight excluding hydrogens is 309 g/mol. The summed E-state index contributed by atoms with van der Waals surface area (Å²) in [5.41, 5.74) is 2.43. The standard InChI is InChI=1S/C18H22FN3O2/c1-12-8-15(21-20-12)11-22-7-3-4-14(10-22)18(23)13-5-6-17(24-2)16(19)9-13/h5-6,8-9,14H,3-4,7,10-11H2,1-2H3,(H,20,21)/t14-/m1/s1. The van der Waals surface area contributed by atoms with Crippen LogP contribution in [0.3, 0.4) is 0 Å². The van der Waals surface area contributed by atoms with Crippen LogP contribution in [0.15, 0.2) is 24.3 Å². The number of carbonyl (C=O) groups is 1. The number of likely N-dealkylation sites (tertiary alicyclic amines) is 1. The molecule has 1 aliphatic heterocycles. The average Bonchev–Trinajstić information content (AvgIpc) is 2.99. The lowest BCUT2D eigenvalue weighted by molar-refractivity contribution is 0.0809. The largest absolute Gasteiger partial charge is 0.494 e. The number of aryl methyl sites for hydroxylation is 1. The first-order chi connectivity index (χ1) is 11.6. The van der Waals surface area contributed by atoms with Crippen LogP contribution in [0.25, 0.3) is 0 Å². The smallest absolute Gasteiger partial charge is 0.167 e. The number of nitrogens with zero attached hydrogens (tertiary/aromatic N) is 2. The fourth-order valence-corrected chi connectivity index (χ4v) is 3.25. The molecule has 0 amide bonds. The van der Waals surface area contributed by atoms with Crippen molar-refractivity contribution in [3.05, 3.63) is 47.0 Å². The van der Waals surface area contributed by atoms with Gasteiger partial charge in [-0.1, -0.05) is 0 Å². The zero-order valence-corrected chi connectivity index (χ0v) is 14.0. The molecule has 1 saturated heterocycles. The van der Waals surface area contributed by atoms with Crippen molar-refractivity contribution < 1.29 is 13.9 Å². The number of halogens is 1. The maximum atomic E-state index is 13.8. The molecule has 6 heteroatoms. The first-order valence-electron chi connectivity index (χ1n) is 8.18. The summed E-state index contributed by atoms with van der Waals surface area (Å²) in [5, 5.41) is 7.19. The third-order valence-electron chi connectivity index (χ3n) is 4.46. The molecule has 1 fully saturated rings. The van der Waals surface area contributed by atoms with Crippen LogP contribution in [0.1, 0.15) is 34.6 Å². The number of Topliss-reactive ketones (excluding diaryl/α,β-unsaturated/α-hetero) is 1. The van der Waals surface area contributed by atoms with Crippen LogP contribution in [0.4, 0.5) is 4.39 Å². The van der Waals surface area contributed by atoms with Gasteiger partial charge in [-0.15, -0.1) is 0 Å². The highest BCUT2D eigenvalue weighted by molar-refractivity contribution is 5.98. The minimum absolute atomic E-state index is 0.000499. The molecule has 1 aromatic heterocycles. The Labute approximate surface area is 140 Å². The second-order valence-corrected chi connectivity index (χ2v) is 6.33. The highest BCUT2D eigenvalue weighted by Gasteiger charge is 2.27. The molecule has 0 spiro atoms. The number of aromatic amines is 1. The molecule has 128 valence electrons. The fourth-order valence-electron chi connectivity index (χ4n) is 3.25. The molecule has 24 heavy (non-hydrogen) atoms. The summed E-state index contributed by atoms with van der Waals surface area (Å²) >= 11 is 0. The van der Waals surface area contributed by atoms with Crippen molar-refractivity contribution in [2.24, 2.45) is 5.92 Å². The minimum atomic E-state index is -0.497. The Morgan fingerprint density at radius 2 is 2.29 bits per heavy atom. The molecule has 5 nitrogen and oxygen atoms in total. The van der Waals surface area contributed by atoms with Gasteiger partial charge in [0.1, 0.15) is 0 Å². The Bertz CT molecular complexity index is 729. The van der Waals surface area contributed by atoms with Crippen LogP contribution in [-0.2, 0) is 6.54 Å². The molecule has 0 radical (unpaired) electrons. The average molecular weight is 331 g/mol. The number of rotatable bonds is 5. The fraction of sp³-hybridized carbons (Fsp3) is 0.444. The highest BCUT2D eigenvalue weighted by atomic mass is 19.1. The van der Waals surface area contributed by atoms with Crippen molar-refractivity contribution in [1.29, 1.82) is 0 Å². The third kappa shape index (κ3) is 3.64. The summed E-state index contributed by atoms with van der Waals surface area (Å²) in [7, 11) is 1.41. The number of piperidine rings is 1. The van der Waals surface area contributed by atoms with E-state index in [1.54, 1.807) is 6.07 Å². The van der Waals surface area contributed by atoms with Crippen LogP contribution in [0, 0.1) is 18.7 Å². The summed E-state index contributed by atoms with van der Waals surface area (Å²) in [4.78, 5) is 14.9. The molecule has 2 heterocycles. The normalized spacial score (nSPS) is 18.5. The molecule has 1 N–H and O–H groups in total. The Balaban J connectivity index is 1.67. The molecule has 3 rings (SSSR count). The molecule has 0 saturated carbocycles. The van der Waals surface area contributed by atoms with Gasteiger partial charge in [0.25, 0.3) is 0 Å². The van der Waals surface area contributed by atoms with Crippen molar-refractivity contribution in [3.63, 3.8) is 0 Å². The molecule has 1 atom stereocenters. The summed E-state index contributed by atoms with van der Waals surface area (Å²) in [6, 6.07) is 6.44. The Kier molecular flexibility index (Phi) is 4.94. The molecule has 0 aliphatic carbocycles. The van der Waals surface area contributed by atoms with Crippen molar-refractivity contribution in [2.45, 2.75) is 26.3 Å². The van der Waals surface area contributed by atoms with E-state index in [4.69, 9.17) is 4.74 Å². The maximum Gasteiger partial charge on any atom is 0.167 e. The summed E-state index contributed by atoms with van der Waals surface area (Å²) in [6.07, 6.45) is 1.79. The van der Waals surface area contributed by atoms with E-state index in [1.165, 1.54) is 19.2 Å². The monoisotopic (exact) mass is 331 g/mol. The molecule has 0 bridgehead atoms. The van der Waals surface area contributed by atoms with E-state index in [9.17, 15) is 9.18 Å². The number of ether oxygens (including phenoxy) is 1. The molecule has 0 unspecified atom stereocenters. The minimum Gasteiger partial charge on any atom is -0.494 e. The number of nitrogens with one attached hydrogen (secondary N) is 1. The van der Waals surface area contributed by atoms with Crippen LogP contribution < -0.4 is 4.74 Å². The van der Waals surface area contributed by atoms with E-state index >= 15 is 0 Å². The summed E-state index contributed by atoms with van der Waals surface area (Å²) in [5.74, 6) is -0.445. The SMILES string of the molecule is COc1ccc(C(=O)[C@@H]2CCCN(Cc3cc(C)[nH]n3)C2)cc1F. The van der Waals surface area contributed by atoms with Gasteiger partial charge >= 0.3 is 0 Å². The predicted octanol–water partition coefficient (Wildman–Crippen LogP) is 2.96. The summed E-state index contributed by atoms with van der Waals surface area (Å²) < 4.78 is 18.8. The molecular formula is C18H22FN3O2. The molecule has 1 aromatic carbocycles. The van der Waals surface area contributed by atoms with Gasteiger partial charge in [0.2, 0.25) is 0 Å². The van der Waals surface area contributed by atoms with Crippen molar-refractivity contribution in [3.8, 4) is 5.75 Å². The third-order valence-corrected chi connectivity index (χ3v) is 4.46. The predicted molar refractivity (Wildman–Crippen MR) is 88.6 cm³/mol. The van der Waals surface area contributed by atoms with Crippen LogP contribution in [0.2, 0.25) is 0 Å². The van der Waals surface area contributed by atoms with Crippen LogP contribution >= 0.6 is 0 Å². The van der Waals surface area contributed by atoms with Gasteiger partial charge in [-0.2, -0.15) is 5.10 Å². The van der Waals surface area contributed by atoms with E-state index in [0.29, 0.717) is 12.1 Å². The number of hydrogen-bond donors (Lipinski definition) is 1. The van der Waals surface area contributed by atoms with Gasteiger partial charge in [-0.05, 0) is 50.6 Å². The number of hydrogen-bond acceptors (Lipinski definition) is 4.